The molecule has 1 saturated heterocycles. The number of amides is 1. The second-order valence-electron chi connectivity index (χ2n) is 3.90. The van der Waals surface area contributed by atoms with Gasteiger partial charge < -0.3 is 5.32 Å². The molecule has 2 aliphatic rings. The molecule has 1 unspecified atom stereocenters. The fourth-order valence-corrected chi connectivity index (χ4v) is 3.06. The Balaban J connectivity index is 1.84. The van der Waals surface area contributed by atoms with Gasteiger partial charge in [-0.05, 0) is 31.4 Å². The van der Waals surface area contributed by atoms with Crippen LogP contribution >= 0.6 is 23.4 Å². The Bertz CT molecular complexity index is 212. The van der Waals surface area contributed by atoms with Gasteiger partial charge in [-0.2, -0.15) is 0 Å². The van der Waals surface area contributed by atoms with E-state index < -0.39 is 0 Å². The number of carbonyl (C=O) groups is 1. The summed E-state index contributed by atoms with van der Waals surface area (Å²) in [6.07, 6.45) is 4.32. The van der Waals surface area contributed by atoms with E-state index in [0.29, 0.717) is 5.88 Å². The lowest BCUT2D eigenvalue weighted by molar-refractivity contribution is -0.121. The van der Waals surface area contributed by atoms with Crippen LogP contribution in [0.15, 0.2) is 0 Å². The van der Waals surface area contributed by atoms with E-state index in [2.05, 4.69) is 5.32 Å². The van der Waals surface area contributed by atoms with Crippen molar-refractivity contribution < 1.29 is 4.79 Å². The zero-order chi connectivity index (χ0) is 9.31. The molecule has 13 heavy (non-hydrogen) atoms. The molecule has 4 heteroatoms. The van der Waals surface area contributed by atoms with E-state index in [-0.39, 0.29) is 16.7 Å². The standard InChI is InChI=1S/C9H14ClNOS/c10-6-9(3-4-9)11-8(12)7-2-1-5-13-7/h7H,1-6H2,(H,11,12). The molecule has 0 radical (unpaired) electrons. The van der Waals surface area contributed by atoms with Crippen LogP contribution in [-0.4, -0.2) is 28.3 Å². The maximum atomic E-state index is 11.7. The van der Waals surface area contributed by atoms with Gasteiger partial charge >= 0.3 is 0 Å². The second kappa shape index (κ2) is 3.70. The second-order valence-corrected chi connectivity index (χ2v) is 5.48. The summed E-state index contributed by atoms with van der Waals surface area (Å²) >= 11 is 7.56. The van der Waals surface area contributed by atoms with Gasteiger partial charge in [0.1, 0.15) is 0 Å². The number of hydrogen-bond acceptors (Lipinski definition) is 2. The van der Waals surface area contributed by atoms with Crippen molar-refractivity contribution in [3.05, 3.63) is 0 Å². The minimum atomic E-state index is -0.0260. The third-order valence-electron chi connectivity index (χ3n) is 2.72. The highest BCUT2D eigenvalue weighted by molar-refractivity contribution is 8.00. The molecular weight excluding hydrogens is 206 g/mol. The predicted octanol–water partition coefficient (Wildman–Crippen LogP) is 1.77. The number of nitrogens with one attached hydrogen (secondary N) is 1. The summed E-state index contributed by atoms with van der Waals surface area (Å²) < 4.78 is 0. The smallest absolute Gasteiger partial charge is 0.233 e. The van der Waals surface area contributed by atoms with E-state index in [1.165, 1.54) is 6.42 Å². The van der Waals surface area contributed by atoms with Crippen molar-refractivity contribution in [1.29, 1.82) is 0 Å². The van der Waals surface area contributed by atoms with Crippen LogP contribution in [0.2, 0.25) is 0 Å². The van der Waals surface area contributed by atoms with Crippen molar-refractivity contribution in [2.75, 3.05) is 11.6 Å². The molecule has 1 heterocycles. The Labute approximate surface area is 87.8 Å². The van der Waals surface area contributed by atoms with Gasteiger partial charge in [-0.25, -0.2) is 0 Å². The molecule has 1 saturated carbocycles. The molecule has 1 aliphatic heterocycles. The quantitative estimate of drug-likeness (QED) is 0.734. The minimum Gasteiger partial charge on any atom is -0.349 e. The predicted molar refractivity (Wildman–Crippen MR) is 56.3 cm³/mol. The van der Waals surface area contributed by atoms with Crippen LogP contribution in [0, 0.1) is 0 Å². The number of rotatable bonds is 3. The highest BCUT2D eigenvalue weighted by Gasteiger charge is 2.44. The SMILES string of the molecule is O=C(NC1(CCl)CC1)C1CCCS1. The van der Waals surface area contributed by atoms with Gasteiger partial charge in [-0.1, -0.05) is 0 Å². The van der Waals surface area contributed by atoms with Gasteiger partial charge in [-0.3, -0.25) is 4.79 Å². The van der Waals surface area contributed by atoms with Crippen molar-refractivity contribution in [2.24, 2.45) is 0 Å². The maximum Gasteiger partial charge on any atom is 0.233 e. The summed E-state index contributed by atoms with van der Waals surface area (Å²) in [5.74, 6) is 1.91. The average molecular weight is 220 g/mol. The Morgan fingerprint density at radius 2 is 2.38 bits per heavy atom. The van der Waals surface area contributed by atoms with Gasteiger partial charge in [0.25, 0.3) is 0 Å². The minimum absolute atomic E-state index is 0.0260. The van der Waals surface area contributed by atoms with Crippen LogP contribution in [0.4, 0.5) is 0 Å². The summed E-state index contributed by atoms with van der Waals surface area (Å²) in [6, 6.07) is 0. The van der Waals surface area contributed by atoms with E-state index in [1.807, 2.05) is 0 Å². The van der Waals surface area contributed by atoms with Gasteiger partial charge in [-0.15, -0.1) is 23.4 Å². The first-order valence-corrected chi connectivity index (χ1v) is 6.34. The lowest BCUT2D eigenvalue weighted by atomic mass is 10.2. The first-order chi connectivity index (χ1) is 6.26. The van der Waals surface area contributed by atoms with Crippen LogP contribution in [0.25, 0.3) is 0 Å². The fourth-order valence-electron chi connectivity index (χ4n) is 1.57. The van der Waals surface area contributed by atoms with E-state index in [1.54, 1.807) is 11.8 Å². The average Bonchev–Trinajstić information content (AvgIpc) is 2.69. The molecule has 0 aromatic heterocycles. The van der Waals surface area contributed by atoms with Crippen molar-refractivity contribution >= 4 is 29.3 Å². The molecule has 0 aromatic carbocycles. The number of carbonyl (C=O) groups excluding carboxylic acids is 1. The fraction of sp³-hybridized carbons (Fsp3) is 0.889. The third-order valence-corrected chi connectivity index (χ3v) is 4.61. The highest BCUT2D eigenvalue weighted by atomic mass is 35.5. The molecule has 1 N–H and O–H groups in total. The zero-order valence-corrected chi connectivity index (χ0v) is 9.09. The van der Waals surface area contributed by atoms with Crippen LogP contribution in [0.1, 0.15) is 25.7 Å². The molecule has 1 amide bonds. The first-order valence-electron chi connectivity index (χ1n) is 4.75. The molecule has 0 spiro atoms. The Kier molecular flexibility index (Phi) is 2.75. The Morgan fingerprint density at radius 3 is 2.85 bits per heavy atom. The van der Waals surface area contributed by atoms with Crippen LogP contribution in [-0.2, 0) is 4.79 Å². The summed E-state index contributed by atoms with van der Waals surface area (Å²) in [5.41, 5.74) is -0.0260. The molecular formula is C9H14ClNOS. The molecule has 0 aromatic rings. The van der Waals surface area contributed by atoms with E-state index in [9.17, 15) is 4.79 Å². The van der Waals surface area contributed by atoms with Crippen molar-refractivity contribution in [3.63, 3.8) is 0 Å². The normalized spacial score (nSPS) is 30.1. The molecule has 1 atom stereocenters. The Hall–Kier alpha value is 0.110. The maximum absolute atomic E-state index is 11.7. The molecule has 2 rings (SSSR count). The van der Waals surface area contributed by atoms with Gasteiger partial charge in [0.05, 0.1) is 10.8 Å². The molecule has 0 bridgehead atoms. The molecule has 2 nitrogen and oxygen atoms in total. The summed E-state index contributed by atoms with van der Waals surface area (Å²) in [7, 11) is 0. The lowest BCUT2D eigenvalue weighted by Gasteiger charge is -2.16. The van der Waals surface area contributed by atoms with Crippen LogP contribution < -0.4 is 5.32 Å². The van der Waals surface area contributed by atoms with E-state index in [0.717, 1.165) is 25.0 Å². The molecule has 2 fully saturated rings. The van der Waals surface area contributed by atoms with Gasteiger partial charge in [0.2, 0.25) is 5.91 Å². The number of alkyl halides is 1. The van der Waals surface area contributed by atoms with Gasteiger partial charge in [0, 0.05) is 5.88 Å². The number of halogens is 1. The number of hydrogen-bond donors (Lipinski definition) is 1. The van der Waals surface area contributed by atoms with Gasteiger partial charge in [0.15, 0.2) is 0 Å². The first kappa shape index (κ1) is 9.66. The summed E-state index contributed by atoms with van der Waals surface area (Å²) in [6.45, 7) is 0. The lowest BCUT2D eigenvalue weighted by Crippen LogP contribution is -2.42. The Morgan fingerprint density at radius 1 is 1.62 bits per heavy atom. The van der Waals surface area contributed by atoms with Crippen molar-refractivity contribution in [2.45, 2.75) is 36.5 Å². The number of thioether (sulfide) groups is 1. The summed E-state index contributed by atoms with van der Waals surface area (Å²) in [5, 5.41) is 3.26. The molecule has 1 aliphatic carbocycles. The topological polar surface area (TPSA) is 29.1 Å². The zero-order valence-electron chi connectivity index (χ0n) is 7.51. The largest absolute Gasteiger partial charge is 0.349 e. The van der Waals surface area contributed by atoms with Crippen LogP contribution in [0.5, 0.6) is 0 Å². The summed E-state index contributed by atoms with van der Waals surface area (Å²) in [4.78, 5) is 11.7. The monoisotopic (exact) mass is 219 g/mol. The van der Waals surface area contributed by atoms with E-state index >= 15 is 0 Å². The van der Waals surface area contributed by atoms with Crippen LogP contribution in [0.3, 0.4) is 0 Å². The van der Waals surface area contributed by atoms with Crippen molar-refractivity contribution in [3.8, 4) is 0 Å². The van der Waals surface area contributed by atoms with Crippen molar-refractivity contribution in [1.82, 2.24) is 5.32 Å². The van der Waals surface area contributed by atoms with E-state index in [4.69, 9.17) is 11.6 Å². The molecule has 74 valence electrons. The third kappa shape index (κ3) is 2.13. The highest BCUT2D eigenvalue weighted by Crippen LogP contribution is 2.37.